The molecule has 1 saturated heterocycles. The molecule has 0 radical (unpaired) electrons. The third-order valence-corrected chi connectivity index (χ3v) is 3.89. The Bertz CT molecular complexity index is 514. The summed E-state index contributed by atoms with van der Waals surface area (Å²) >= 11 is 0. The van der Waals surface area contributed by atoms with Crippen molar-refractivity contribution >= 4 is 5.91 Å². The van der Waals surface area contributed by atoms with E-state index in [9.17, 15) is 4.79 Å². The molecule has 2 rings (SSSR count). The Morgan fingerprint density at radius 3 is 2.40 bits per heavy atom. The fraction of sp³-hybridized carbons (Fsp3) is 0.471. The molecule has 1 fully saturated rings. The summed E-state index contributed by atoms with van der Waals surface area (Å²) in [6.45, 7) is 4.62. The molecular weight excluding hydrogens is 248 g/mol. The van der Waals surface area contributed by atoms with E-state index in [1.54, 1.807) is 0 Å². The highest BCUT2D eigenvalue weighted by Gasteiger charge is 2.29. The van der Waals surface area contributed by atoms with Crippen LogP contribution in [0.5, 0.6) is 0 Å². The van der Waals surface area contributed by atoms with Crippen LogP contribution in [0.2, 0.25) is 0 Å². The summed E-state index contributed by atoms with van der Waals surface area (Å²) in [6.07, 6.45) is 3.39. The van der Waals surface area contributed by atoms with Crippen molar-refractivity contribution in [1.29, 1.82) is 0 Å². The lowest BCUT2D eigenvalue weighted by molar-refractivity contribution is 0.0511. The standard InChI is InChI=1S/C17H22N2O/c1-13-5-3-6-14(2)19(13)17(20)16-10-8-15(9-11-16)7-4-12-18/h8-11,13-14H,3,5-6,12,18H2,1-2H3/t13-,14+. The van der Waals surface area contributed by atoms with Gasteiger partial charge in [-0.3, -0.25) is 4.79 Å². The molecule has 106 valence electrons. The molecule has 0 saturated carbocycles. The van der Waals surface area contributed by atoms with Gasteiger partial charge in [-0.05, 0) is 57.4 Å². The quantitative estimate of drug-likeness (QED) is 0.797. The van der Waals surface area contributed by atoms with E-state index in [0.717, 1.165) is 24.0 Å². The summed E-state index contributed by atoms with van der Waals surface area (Å²) in [5, 5.41) is 0. The molecule has 0 aliphatic carbocycles. The molecule has 1 aromatic rings. The minimum absolute atomic E-state index is 0.128. The lowest BCUT2D eigenvalue weighted by Crippen LogP contribution is -2.47. The Labute approximate surface area is 121 Å². The SMILES string of the molecule is C[C@@H]1CCC[C@H](C)N1C(=O)c1ccc(C#CCN)cc1. The van der Waals surface area contributed by atoms with Crippen LogP contribution in [0.1, 0.15) is 49.0 Å². The van der Waals surface area contributed by atoms with Crippen molar-refractivity contribution in [3.05, 3.63) is 35.4 Å². The number of carbonyl (C=O) groups excluding carboxylic acids is 1. The zero-order chi connectivity index (χ0) is 14.5. The summed E-state index contributed by atoms with van der Waals surface area (Å²) in [4.78, 5) is 14.6. The van der Waals surface area contributed by atoms with Gasteiger partial charge in [0.2, 0.25) is 0 Å². The topological polar surface area (TPSA) is 46.3 Å². The molecule has 3 nitrogen and oxygen atoms in total. The van der Waals surface area contributed by atoms with Gasteiger partial charge in [0.05, 0.1) is 6.54 Å². The number of likely N-dealkylation sites (tertiary alicyclic amines) is 1. The van der Waals surface area contributed by atoms with E-state index in [-0.39, 0.29) is 5.91 Å². The molecule has 2 N–H and O–H groups in total. The first-order valence-corrected chi connectivity index (χ1v) is 7.25. The highest BCUT2D eigenvalue weighted by Crippen LogP contribution is 2.24. The predicted molar refractivity (Wildman–Crippen MR) is 81.3 cm³/mol. The number of amides is 1. The van der Waals surface area contributed by atoms with Gasteiger partial charge in [0, 0.05) is 23.2 Å². The largest absolute Gasteiger partial charge is 0.333 e. The minimum Gasteiger partial charge on any atom is -0.333 e. The second-order valence-corrected chi connectivity index (χ2v) is 5.42. The van der Waals surface area contributed by atoms with Crippen LogP contribution in [-0.2, 0) is 0 Å². The van der Waals surface area contributed by atoms with Crippen molar-refractivity contribution in [3.63, 3.8) is 0 Å². The van der Waals surface area contributed by atoms with Gasteiger partial charge >= 0.3 is 0 Å². The first kappa shape index (κ1) is 14.6. The number of piperidine rings is 1. The van der Waals surface area contributed by atoms with Crippen molar-refractivity contribution in [2.45, 2.75) is 45.2 Å². The second-order valence-electron chi connectivity index (χ2n) is 5.42. The maximum atomic E-state index is 12.6. The molecule has 0 spiro atoms. The van der Waals surface area contributed by atoms with Crippen LogP contribution in [-0.4, -0.2) is 29.4 Å². The molecule has 0 unspecified atom stereocenters. The first-order chi connectivity index (χ1) is 9.63. The molecule has 0 aromatic heterocycles. The molecule has 1 aromatic carbocycles. The van der Waals surface area contributed by atoms with E-state index in [0.29, 0.717) is 18.6 Å². The molecule has 1 aliphatic heterocycles. The summed E-state index contributed by atoms with van der Waals surface area (Å²) in [5.41, 5.74) is 6.98. The third kappa shape index (κ3) is 3.20. The van der Waals surface area contributed by atoms with E-state index < -0.39 is 0 Å². The smallest absolute Gasteiger partial charge is 0.254 e. The van der Waals surface area contributed by atoms with Crippen molar-refractivity contribution in [1.82, 2.24) is 4.90 Å². The number of rotatable bonds is 1. The average Bonchev–Trinajstić information content (AvgIpc) is 2.45. The molecular formula is C17H22N2O. The van der Waals surface area contributed by atoms with Crippen LogP contribution in [0.15, 0.2) is 24.3 Å². The highest BCUT2D eigenvalue weighted by molar-refractivity contribution is 5.94. The van der Waals surface area contributed by atoms with Gasteiger partial charge < -0.3 is 10.6 Å². The highest BCUT2D eigenvalue weighted by atomic mass is 16.2. The van der Waals surface area contributed by atoms with Gasteiger partial charge in [0.25, 0.3) is 5.91 Å². The van der Waals surface area contributed by atoms with Crippen LogP contribution in [0.3, 0.4) is 0 Å². The zero-order valence-electron chi connectivity index (χ0n) is 12.2. The Kier molecular flexibility index (Phi) is 4.81. The molecule has 2 atom stereocenters. The fourth-order valence-electron chi connectivity index (χ4n) is 2.82. The second kappa shape index (κ2) is 6.58. The summed E-state index contributed by atoms with van der Waals surface area (Å²) in [7, 11) is 0. The van der Waals surface area contributed by atoms with Crippen LogP contribution in [0.25, 0.3) is 0 Å². The van der Waals surface area contributed by atoms with Crippen LogP contribution in [0, 0.1) is 11.8 Å². The zero-order valence-corrected chi connectivity index (χ0v) is 12.2. The number of hydrogen-bond acceptors (Lipinski definition) is 2. The van der Waals surface area contributed by atoms with Crippen molar-refractivity contribution < 1.29 is 4.79 Å². The Morgan fingerprint density at radius 2 is 1.85 bits per heavy atom. The lowest BCUT2D eigenvalue weighted by atomic mass is 9.96. The normalized spacial score (nSPS) is 22.1. The average molecular weight is 270 g/mol. The monoisotopic (exact) mass is 270 g/mol. The molecule has 20 heavy (non-hydrogen) atoms. The van der Waals surface area contributed by atoms with Crippen LogP contribution in [0.4, 0.5) is 0 Å². The van der Waals surface area contributed by atoms with Gasteiger partial charge in [-0.2, -0.15) is 0 Å². The van der Waals surface area contributed by atoms with Crippen LogP contribution >= 0.6 is 0 Å². The van der Waals surface area contributed by atoms with Crippen molar-refractivity contribution in [3.8, 4) is 11.8 Å². The number of carbonyl (C=O) groups is 1. The molecule has 1 heterocycles. The fourth-order valence-corrected chi connectivity index (χ4v) is 2.82. The third-order valence-electron chi connectivity index (χ3n) is 3.89. The Balaban J connectivity index is 2.16. The van der Waals surface area contributed by atoms with Gasteiger partial charge in [0.15, 0.2) is 0 Å². The van der Waals surface area contributed by atoms with Crippen molar-refractivity contribution in [2.24, 2.45) is 5.73 Å². The van der Waals surface area contributed by atoms with Gasteiger partial charge in [0.1, 0.15) is 0 Å². The van der Waals surface area contributed by atoms with E-state index >= 15 is 0 Å². The maximum absolute atomic E-state index is 12.6. The summed E-state index contributed by atoms with van der Waals surface area (Å²) < 4.78 is 0. The molecule has 1 amide bonds. The van der Waals surface area contributed by atoms with Gasteiger partial charge in [-0.25, -0.2) is 0 Å². The Hall–Kier alpha value is -1.79. The lowest BCUT2D eigenvalue weighted by Gasteiger charge is -2.39. The van der Waals surface area contributed by atoms with Crippen LogP contribution < -0.4 is 5.73 Å². The molecule has 1 aliphatic rings. The summed E-state index contributed by atoms with van der Waals surface area (Å²) in [6, 6.07) is 8.13. The molecule has 0 bridgehead atoms. The maximum Gasteiger partial charge on any atom is 0.254 e. The molecule has 3 heteroatoms. The number of nitrogens with two attached hydrogens (primary N) is 1. The minimum atomic E-state index is 0.128. The van der Waals surface area contributed by atoms with Crippen molar-refractivity contribution in [2.75, 3.05) is 6.54 Å². The Morgan fingerprint density at radius 1 is 1.25 bits per heavy atom. The first-order valence-electron chi connectivity index (χ1n) is 7.25. The van der Waals surface area contributed by atoms with E-state index in [2.05, 4.69) is 25.7 Å². The predicted octanol–water partition coefficient (Wildman–Crippen LogP) is 2.40. The van der Waals surface area contributed by atoms with Gasteiger partial charge in [-0.15, -0.1) is 0 Å². The van der Waals surface area contributed by atoms with E-state index in [1.807, 2.05) is 29.2 Å². The number of nitrogens with zero attached hydrogens (tertiary/aromatic N) is 1. The van der Waals surface area contributed by atoms with E-state index in [4.69, 9.17) is 5.73 Å². The number of hydrogen-bond donors (Lipinski definition) is 1. The van der Waals surface area contributed by atoms with E-state index in [1.165, 1.54) is 6.42 Å². The van der Waals surface area contributed by atoms with Gasteiger partial charge in [-0.1, -0.05) is 11.8 Å². The summed E-state index contributed by atoms with van der Waals surface area (Å²) in [5.74, 6) is 5.91. The number of benzene rings is 1.